The number of carboxylic acids is 1. The molecule has 2 heterocycles. The molecule has 0 aromatic carbocycles. The van der Waals surface area contributed by atoms with E-state index >= 15 is 0 Å². The van der Waals surface area contributed by atoms with Gasteiger partial charge in [-0.1, -0.05) is 0 Å². The van der Waals surface area contributed by atoms with Gasteiger partial charge in [-0.25, -0.2) is 8.42 Å². The lowest BCUT2D eigenvalue weighted by Crippen LogP contribution is -2.49. The highest BCUT2D eigenvalue weighted by molar-refractivity contribution is 8.02. The van der Waals surface area contributed by atoms with Crippen molar-refractivity contribution in [1.29, 1.82) is 0 Å². The zero-order valence-electron chi connectivity index (χ0n) is 12.1. The molecule has 0 aliphatic carbocycles. The van der Waals surface area contributed by atoms with E-state index in [4.69, 9.17) is 0 Å². The van der Waals surface area contributed by atoms with Gasteiger partial charge in [-0.05, 0) is 26.2 Å². The molecular weight excluding hydrogens is 314 g/mol. The van der Waals surface area contributed by atoms with Crippen LogP contribution in [0.1, 0.15) is 26.2 Å². The van der Waals surface area contributed by atoms with Crippen molar-refractivity contribution in [3.63, 3.8) is 0 Å². The fourth-order valence-electron chi connectivity index (χ4n) is 2.80. The van der Waals surface area contributed by atoms with Gasteiger partial charge in [0.25, 0.3) is 0 Å². The van der Waals surface area contributed by atoms with E-state index in [1.807, 2.05) is 0 Å². The zero-order valence-corrected chi connectivity index (χ0v) is 13.7. The summed E-state index contributed by atoms with van der Waals surface area (Å²) in [6, 6.07) is 0. The van der Waals surface area contributed by atoms with Crippen LogP contribution in [0.3, 0.4) is 0 Å². The molecule has 2 saturated heterocycles. The number of carbonyl (C=O) groups excluding carboxylic acids is 1. The molecule has 0 bridgehead atoms. The molecule has 0 radical (unpaired) electrons. The van der Waals surface area contributed by atoms with Crippen molar-refractivity contribution in [1.82, 2.24) is 4.90 Å². The molecule has 2 fully saturated rings. The minimum absolute atomic E-state index is 0.00500. The monoisotopic (exact) mass is 335 g/mol. The SMILES string of the molecule is CC1(C(=O)O)CCCN(C(=O)CSC2CCS(=O)(=O)C2)C1. The first-order chi connectivity index (χ1) is 9.72. The topological polar surface area (TPSA) is 91.8 Å². The van der Waals surface area contributed by atoms with Gasteiger partial charge < -0.3 is 10.0 Å². The molecule has 2 aliphatic heterocycles. The van der Waals surface area contributed by atoms with E-state index in [1.54, 1.807) is 11.8 Å². The molecule has 0 spiro atoms. The lowest BCUT2D eigenvalue weighted by molar-refractivity contribution is -0.153. The summed E-state index contributed by atoms with van der Waals surface area (Å²) in [6.45, 7) is 2.50. The molecule has 1 amide bonds. The van der Waals surface area contributed by atoms with Gasteiger partial charge in [-0.3, -0.25) is 9.59 Å². The number of carboxylic acid groups (broad SMARTS) is 1. The van der Waals surface area contributed by atoms with E-state index in [2.05, 4.69) is 0 Å². The maximum Gasteiger partial charge on any atom is 0.311 e. The molecule has 120 valence electrons. The van der Waals surface area contributed by atoms with Crippen molar-refractivity contribution < 1.29 is 23.1 Å². The Bertz CT molecular complexity index is 533. The molecule has 2 unspecified atom stereocenters. The van der Waals surface area contributed by atoms with Crippen LogP contribution in [0.15, 0.2) is 0 Å². The van der Waals surface area contributed by atoms with Gasteiger partial charge in [0, 0.05) is 18.3 Å². The third kappa shape index (κ3) is 4.12. The fourth-order valence-corrected chi connectivity index (χ4v) is 6.34. The van der Waals surface area contributed by atoms with Crippen molar-refractivity contribution in [3.8, 4) is 0 Å². The minimum atomic E-state index is -2.92. The van der Waals surface area contributed by atoms with Crippen molar-refractivity contribution in [2.45, 2.75) is 31.4 Å². The van der Waals surface area contributed by atoms with Gasteiger partial charge >= 0.3 is 5.97 Å². The molecule has 2 rings (SSSR count). The van der Waals surface area contributed by atoms with Crippen LogP contribution in [0.5, 0.6) is 0 Å². The largest absolute Gasteiger partial charge is 0.481 e. The molecule has 8 heteroatoms. The predicted octanol–water partition coefficient (Wildman–Crippen LogP) is 0.620. The number of aliphatic carboxylic acids is 1. The first-order valence-electron chi connectivity index (χ1n) is 7.05. The van der Waals surface area contributed by atoms with Crippen LogP contribution in [-0.4, -0.2) is 65.9 Å². The van der Waals surface area contributed by atoms with E-state index in [9.17, 15) is 23.1 Å². The van der Waals surface area contributed by atoms with E-state index in [0.29, 0.717) is 25.8 Å². The van der Waals surface area contributed by atoms with Crippen LogP contribution < -0.4 is 0 Å². The molecule has 0 aromatic heterocycles. The molecule has 0 aromatic rings. The normalized spacial score (nSPS) is 32.0. The lowest BCUT2D eigenvalue weighted by atomic mass is 9.82. The number of likely N-dealkylation sites (tertiary alicyclic amines) is 1. The number of hydrogen-bond donors (Lipinski definition) is 1. The third-order valence-corrected chi connectivity index (χ3v) is 7.46. The number of thioether (sulfide) groups is 1. The molecule has 21 heavy (non-hydrogen) atoms. The van der Waals surface area contributed by atoms with Gasteiger partial charge in [0.1, 0.15) is 0 Å². The third-order valence-electron chi connectivity index (χ3n) is 4.20. The average Bonchev–Trinajstić information content (AvgIpc) is 2.75. The highest BCUT2D eigenvalue weighted by Gasteiger charge is 2.39. The summed E-state index contributed by atoms with van der Waals surface area (Å²) >= 11 is 1.38. The van der Waals surface area contributed by atoms with Crippen LogP contribution in [0.4, 0.5) is 0 Å². The smallest absolute Gasteiger partial charge is 0.311 e. The minimum Gasteiger partial charge on any atom is -0.481 e. The second-order valence-electron chi connectivity index (χ2n) is 6.12. The summed E-state index contributed by atoms with van der Waals surface area (Å²) in [5.41, 5.74) is -0.866. The first-order valence-corrected chi connectivity index (χ1v) is 9.92. The number of sulfone groups is 1. The second kappa shape index (κ2) is 6.16. The molecule has 0 saturated carbocycles. The van der Waals surface area contributed by atoms with E-state index in [1.165, 1.54) is 11.8 Å². The summed E-state index contributed by atoms with van der Waals surface area (Å²) < 4.78 is 22.7. The molecular formula is C13H21NO5S2. The van der Waals surface area contributed by atoms with Crippen LogP contribution in [-0.2, 0) is 19.4 Å². The van der Waals surface area contributed by atoms with Gasteiger partial charge in [0.05, 0.1) is 22.7 Å². The highest BCUT2D eigenvalue weighted by Crippen LogP contribution is 2.31. The Balaban J connectivity index is 1.85. The molecule has 2 aliphatic rings. The Labute approximate surface area is 129 Å². The van der Waals surface area contributed by atoms with Gasteiger partial charge in [-0.15, -0.1) is 11.8 Å². The standard InChI is InChI=1S/C13H21NO5S2/c1-13(12(16)17)4-2-5-14(9-13)11(15)7-20-10-3-6-21(18,19)8-10/h10H,2-9H2,1H3,(H,16,17). The Kier molecular flexibility index (Phi) is 4.87. The number of nitrogens with zero attached hydrogens (tertiary/aromatic N) is 1. The van der Waals surface area contributed by atoms with Gasteiger partial charge in [0.15, 0.2) is 9.84 Å². The summed E-state index contributed by atoms with van der Waals surface area (Å²) in [5.74, 6) is -0.362. The molecule has 2 atom stereocenters. The molecule has 1 N–H and O–H groups in total. The van der Waals surface area contributed by atoms with Crippen LogP contribution in [0, 0.1) is 5.41 Å². The number of carbonyl (C=O) groups is 2. The first kappa shape index (κ1) is 16.6. The van der Waals surface area contributed by atoms with Crippen molar-refractivity contribution in [2.75, 3.05) is 30.3 Å². The number of rotatable bonds is 4. The second-order valence-corrected chi connectivity index (χ2v) is 9.64. The van der Waals surface area contributed by atoms with Crippen LogP contribution in [0.2, 0.25) is 0 Å². The lowest BCUT2D eigenvalue weighted by Gasteiger charge is -2.37. The van der Waals surface area contributed by atoms with E-state index in [-0.39, 0.29) is 35.0 Å². The number of amides is 1. The summed E-state index contributed by atoms with van der Waals surface area (Å²) in [5, 5.41) is 9.24. The summed E-state index contributed by atoms with van der Waals surface area (Å²) in [6.07, 6.45) is 1.88. The fraction of sp³-hybridized carbons (Fsp3) is 0.846. The van der Waals surface area contributed by atoms with Gasteiger partial charge in [-0.2, -0.15) is 0 Å². The Hall–Kier alpha value is -0.760. The van der Waals surface area contributed by atoms with Crippen LogP contribution in [0.25, 0.3) is 0 Å². The highest BCUT2D eigenvalue weighted by atomic mass is 32.2. The summed E-state index contributed by atoms with van der Waals surface area (Å²) in [7, 11) is -2.92. The predicted molar refractivity (Wildman–Crippen MR) is 81.1 cm³/mol. The number of hydrogen-bond acceptors (Lipinski definition) is 5. The average molecular weight is 335 g/mol. The van der Waals surface area contributed by atoms with Crippen molar-refractivity contribution >= 4 is 33.5 Å². The zero-order chi connectivity index (χ0) is 15.7. The maximum absolute atomic E-state index is 12.2. The quantitative estimate of drug-likeness (QED) is 0.810. The summed E-state index contributed by atoms with van der Waals surface area (Å²) in [4.78, 5) is 25.1. The molecule has 6 nitrogen and oxygen atoms in total. The van der Waals surface area contributed by atoms with Gasteiger partial charge in [0.2, 0.25) is 5.91 Å². The van der Waals surface area contributed by atoms with E-state index < -0.39 is 21.2 Å². The van der Waals surface area contributed by atoms with E-state index in [0.717, 1.165) is 0 Å². The van der Waals surface area contributed by atoms with Crippen LogP contribution >= 0.6 is 11.8 Å². The van der Waals surface area contributed by atoms with Crippen molar-refractivity contribution in [2.24, 2.45) is 5.41 Å². The number of piperidine rings is 1. The maximum atomic E-state index is 12.2. The Morgan fingerprint density at radius 3 is 2.71 bits per heavy atom. The Morgan fingerprint density at radius 2 is 2.14 bits per heavy atom. The Morgan fingerprint density at radius 1 is 1.43 bits per heavy atom. The van der Waals surface area contributed by atoms with Crippen molar-refractivity contribution in [3.05, 3.63) is 0 Å².